The lowest BCUT2D eigenvalue weighted by Crippen LogP contribution is -2.51. The second-order valence-electron chi connectivity index (χ2n) is 9.15. The predicted molar refractivity (Wildman–Crippen MR) is 139 cm³/mol. The molecule has 1 heterocycles. The van der Waals surface area contributed by atoms with Gasteiger partial charge in [0.05, 0.1) is 16.5 Å². The van der Waals surface area contributed by atoms with E-state index in [1.165, 1.54) is 18.3 Å². The van der Waals surface area contributed by atoms with Crippen LogP contribution in [0.1, 0.15) is 43.4 Å². The van der Waals surface area contributed by atoms with Crippen LogP contribution in [0.15, 0.2) is 71.8 Å². The van der Waals surface area contributed by atoms with E-state index >= 15 is 0 Å². The number of sulfone groups is 1. The monoisotopic (exact) mass is 525 g/mol. The highest BCUT2D eigenvalue weighted by atomic mass is 35.5. The first kappa shape index (κ1) is 27.2. The van der Waals surface area contributed by atoms with Crippen LogP contribution in [0.2, 0.25) is 5.02 Å². The number of carbonyl (C=O) groups is 1. The number of nitriles is 1. The van der Waals surface area contributed by atoms with Crippen LogP contribution in [0, 0.1) is 11.3 Å². The van der Waals surface area contributed by atoms with E-state index in [1.807, 2.05) is 49.4 Å². The third kappa shape index (κ3) is 7.06. The van der Waals surface area contributed by atoms with Crippen LogP contribution in [0.3, 0.4) is 0 Å². The van der Waals surface area contributed by atoms with Crippen molar-refractivity contribution in [1.29, 1.82) is 5.26 Å². The molecule has 0 bridgehead atoms. The van der Waals surface area contributed by atoms with Gasteiger partial charge in [0.2, 0.25) is 5.88 Å². The van der Waals surface area contributed by atoms with Crippen LogP contribution < -0.4 is 10.1 Å². The van der Waals surface area contributed by atoms with Gasteiger partial charge < -0.3 is 10.1 Å². The summed E-state index contributed by atoms with van der Waals surface area (Å²) in [6, 6.07) is 19.5. The first-order valence-corrected chi connectivity index (χ1v) is 13.6. The molecule has 188 valence electrons. The molecule has 3 rings (SSSR count). The van der Waals surface area contributed by atoms with E-state index < -0.39 is 15.4 Å². The smallest absolute Gasteiger partial charge is 0.263 e. The molecular weight excluding hydrogens is 498 g/mol. The topological polar surface area (TPSA) is 109 Å². The average molecular weight is 526 g/mol. The minimum atomic E-state index is -3.39. The van der Waals surface area contributed by atoms with Crippen molar-refractivity contribution in [2.75, 3.05) is 6.26 Å². The molecule has 0 radical (unpaired) electrons. The van der Waals surface area contributed by atoms with Gasteiger partial charge >= 0.3 is 0 Å². The van der Waals surface area contributed by atoms with E-state index in [4.69, 9.17) is 16.3 Å². The van der Waals surface area contributed by atoms with Crippen LogP contribution in [0.5, 0.6) is 5.88 Å². The highest BCUT2D eigenvalue weighted by Crippen LogP contribution is 2.27. The average Bonchev–Trinajstić information content (AvgIpc) is 2.83. The molecular formula is C27H28ClN3O4S. The van der Waals surface area contributed by atoms with Gasteiger partial charge in [0, 0.05) is 35.5 Å². The molecule has 1 aromatic heterocycles. The highest BCUT2D eigenvalue weighted by molar-refractivity contribution is 7.90. The largest absolute Gasteiger partial charge is 0.462 e. The second-order valence-corrected chi connectivity index (χ2v) is 11.6. The Balaban J connectivity index is 1.80. The van der Waals surface area contributed by atoms with E-state index in [1.54, 1.807) is 19.9 Å². The third-order valence-electron chi connectivity index (χ3n) is 5.82. The molecule has 0 spiro atoms. The molecule has 1 amide bonds. The van der Waals surface area contributed by atoms with E-state index in [-0.39, 0.29) is 28.6 Å². The molecule has 2 unspecified atom stereocenters. The van der Waals surface area contributed by atoms with Gasteiger partial charge in [-0.15, -0.1) is 0 Å². The lowest BCUT2D eigenvalue weighted by molar-refractivity contribution is -0.135. The number of halogens is 1. The first-order valence-electron chi connectivity index (χ1n) is 11.3. The Kier molecular flexibility index (Phi) is 8.39. The summed E-state index contributed by atoms with van der Waals surface area (Å²) in [4.78, 5) is 17.3. The Labute approximate surface area is 217 Å². The van der Waals surface area contributed by atoms with Gasteiger partial charge in [-0.25, -0.2) is 13.4 Å². The quantitative estimate of drug-likeness (QED) is 0.433. The molecule has 36 heavy (non-hydrogen) atoms. The minimum Gasteiger partial charge on any atom is -0.462 e. The SMILES string of the molecule is CC(NC(=O)C(C)(C)Oc1ccc(S(C)(=O)=O)cn1)C(Cc1ccc(Cl)cc1)c1cccc(C#N)c1. The molecule has 0 saturated carbocycles. The van der Waals surface area contributed by atoms with Gasteiger partial charge in [0.1, 0.15) is 0 Å². The maximum atomic E-state index is 13.2. The van der Waals surface area contributed by atoms with Crippen LogP contribution in [0.4, 0.5) is 0 Å². The Hall–Kier alpha value is -3.41. The van der Waals surface area contributed by atoms with E-state index in [9.17, 15) is 18.5 Å². The molecule has 3 aromatic rings. The van der Waals surface area contributed by atoms with E-state index in [2.05, 4.69) is 16.4 Å². The number of amides is 1. The van der Waals surface area contributed by atoms with Gasteiger partial charge in [-0.05, 0) is 68.7 Å². The molecule has 0 aliphatic rings. The molecule has 2 atom stereocenters. The van der Waals surface area contributed by atoms with E-state index in [0.717, 1.165) is 17.4 Å². The zero-order chi connectivity index (χ0) is 26.5. The lowest BCUT2D eigenvalue weighted by Gasteiger charge is -2.30. The number of hydrogen-bond donors (Lipinski definition) is 1. The van der Waals surface area contributed by atoms with Crippen molar-refractivity contribution in [3.8, 4) is 11.9 Å². The van der Waals surface area contributed by atoms with Gasteiger partial charge in [0.25, 0.3) is 5.91 Å². The minimum absolute atomic E-state index is 0.0652. The zero-order valence-corrected chi connectivity index (χ0v) is 22.1. The summed E-state index contributed by atoms with van der Waals surface area (Å²) < 4.78 is 29.1. The number of ether oxygens (including phenoxy) is 1. The Morgan fingerprint density at radius 3 is 2.44 bits per heavy atom. The standard InChI is InChI=1S/C27H28ClN3O4S/c1-18(31-26(32)27(2,3)35-25-13-12-23(17-30-25)36(4,33)34)24(15-19-8-10-22(28)11-9-19)21-7-5-6-20(14-21)16-29/h5-14,17-18,24H,15H2,1-4H3,(H,31,32). The summed E-state index contributed by atoms with van der Waals surface area (Å²) in [6.45, 7) is 5.14. The fourth-order valence-electron chi connectivity index (χ4n) is 3.73. The fraction of sp³-hybridized carbons (Fsp3) is 0.296. The summed E-state index contributed by atoms with van der Waals surface area (Å²) in [5, 5.41) is 13.1. The van der Waals surface area contributed by atoms with Crippen molar-refractivity contribution in [2.45, 2.75) is 49.6 Å². The van der Waals surface area contributed by atoms with Crippen molar-refractivity contribution in [3.05, 3.63) is 88.6 Å². The first-order chi connectivity index (χ1) is 16.9. The van der Waals surface area contributed by atoms with Crippen LogP contribution >= 0.6 is 11.6 Å². The third-order valence-corrected chi connectivity index (χ3v) is 7.17. The molecule has 0 saturated heterocycles. The van der Waals surface area contributed by atoms with Gasteiger partial charge in [0.15, 0.2) is 15.4 Å². The summed E-state index contributed by atoms with van der Waals surface area (Å²) in [5.41, 5.74) is 1.22. The van der Waals surface area contributed by atoms with Crippen molar-refractivity contribution >= 4 is 27.3 Å². The number of benzene rings is 2. The Morgan fingerprint density at radius 2 is 1.86 bits per heavy atom. The van der Waals surface area contributed by atoms with Crippen molar-refractivity contribution in [2.24, 2.45) is 0 Å². The number of nitrogens with one attached hydrogen (secondary N) is 1. The summed E-state index contributed by atoms with van der Waals surface area (Å²) in [6.07, 6.45) is 2.91. The summed E-state index contributed by atoms with van der Waals surface area (Å²) in [7, 11) is -3.39. The maximum Gasteiger partial charge on any atom is 0.263 e. The zero-order valence-electron chi connectivity index (χ0n) is 20.5. The van der Waals surface area contributed by atoms with Crippen molar-refractivity contribution in [1.82, 2.24) is 10.3 Å². The molecule has 2 aromatic carbocycles. The predicted octanol–water partition coefficient (Wildman–Crippen LogP) is 4.70. The second kappa shape index (κ2) is 11.1. The summed E-state index contributed by atoms with van der Waals surface area (Å²) >= 11 is 6.04. The van der Waals surface area contributed by atoms with E-state index in [0.29, 0.717) is 17.0 Å². The number of pyridine rings is 1. The molecule has 0 aliphatic heterocycles. The maximum absolute atomic E-state index is 13.2. The lowest BCUT2D eigenvalue weighted by atomic mass is 9.85. The highest BCUT2D eigenvalue weighted by Gasteiger charge is 2.33. The molecule has 9 heteroatoms. The normalized spacial score (nSPS) is 13.3. The number of nitrogens with zero attached hydrogens (tertiary/aromatic N) is 2. The Morgan fingerprint density at radius 1 is 1.17 bits per heavy atom. The van der Waals surface area contributed by atoms with Crippen molar-refractivity contribution < 1.29 is 17.9 Å². The summed E-state index contributed by atoms with van der Waals surface area (Å²) in [5.74, 6) is -0.359. The molecule has 0 fully saturated rings. The van der Waals surface area contributed by atoms with Gasteiger partial charge in [-0.1, -0.05) is 35.9 Å². The van der Waals surface area contributed by atoms with Crippen LogP contribution in [-0.2, 0) is 21.1 Å². The number of carbonyl (C=O) groups excluding carboxylic acids is 1. The number of hydrogen-bond acceptors (Lipinski definition) is 6. The van der Waals surface area contributed by atoms with Crippen LogP contribution in [-0.4, -0.2) is 37.2 Å². The number of aromatic nitrogens is 1. The molecule has 1 N–H and O–H groups in total. The fourth-order valence-corrected chi connectivity index (χ4v) is 4.42. The van der Waals surface area contributed by atoms with Crippen molar-refractivity contribution in [3.63, 3.8) is 0 Å². The van der Waals surface area contributed by atoms with Gasteiger partial charge in [-0.2, -0.15) is 5.26 Å². The Bertz CT molecular complexity index is 1370. The molecule has 7 nitrogen and oxygen atoms in total. The van der Waals surface area contributed by atoms with Gasteiger partial charge in [-0.3, -0.25) is 4.79 Å². The molecule has 0 aliphatic carbocycles. The van der Waals surface area contributed by atoms with Crippen LogP contribution in [0.25, 0.3) is 0 Å². The number of rotatable bonds is 9.